The van der Waals surface area contributed by atoms with Crippen LogP contribution >= 0.6 is 31.9 Å². The summed E-state index contributed by atoms with van der Waals surface area (Å²) >= 11 is 7.09. The highest BCUT2D eigenvalue weighted by molar-refractivity contribution is 9.10. The zero-order valence-electron chi connectivity index (χ0n) is 22.9. The molecule has 0 saturated heterocycles. The summed E-state index contributed by atoms with van der Waals surface area (Å²) in [5.41, 5.74) is -1.43. The van der Waals surface area contributed by atoms with E-state index in [9.17, 15) is 20.0 Å². The van der Waals surface area contributed by atoms with Crippen LogP contribution in [0.1, 0.15) is 52.2 Å². The fourth-order valence-corrected chi connectivity index (χ4v) is 7.34. The number of carbonyl (C=O) groups excluding carboxylic acids is 2. The summed E-state index contributed by atoms with van der Waals surface area (Å²) in [6, 6.07) is 34.9. The molecule has 1 N–H and O–H groups in total. The number of rotatable bonds is 7. The predicted octanol–water partition coefficient (Wildman–Crippen LogP) is 7.94. The summed E-state index contributed by atoms with van der Waals surface area (Å²) in [5, 5.41) is 24.2. The number of nitrogens with zero attached hydrogens (tertiary/aromatic N) is 1. The lowest BCUT2D eigenvalue weighted by molar-refractivity contribution is -0.164. The third kappa shape index (κ3) is 5.24. The minimum Gasteiger partial charge on any atom is -0.465 e. The van der Waals surface area contributed by atoms with Gasteiger partial charge in [0.15, 0.2) is 11.2 Å². The van der Waals surface area contributed by atoms with Gasteiger partial charge in [-0.3, -0.25) is 9.59 Å². The van der Waals surface area contributed by atoms with E-state index in [-0.39, 0.29) is 18.8 Å². The molecule has 1 aliphatic rings. The van der Waals surface area contributed by atoms with Gasteiger partial charge in [-0.25, -0.2) is 0 Å². The Bertz CT molecular complexity index is 1640. The number of aliphatic hydroxyl groups is 1. The zero-order chi connectivity index (χ0) is 29.9. The third-order valence-electron chi connectivity index (χ3n) is 8.27. The number of halogens is 2. The smallest absolute Gasteiger partial charge is 0.327 e. The maximum atomic E-state index is 14.7. The van der Waals surface area contributed by atoms with E-state index in [1.54, 1.807) is 55.5 Å². The second kappa shape index (κ2) is 12.3. The summed E-state index contributed by atoms with van der Waals surface area (Å²) < 4.78 is 7.15. The summed E-state index contributed by atoms with van der Waals surface area (Å²) in [6.45, 7) is 1.75. The molecule has 5 rings (SSSR count). The van der Waals surface area contributed by atoms with E-state index in [0.29, 0.717) is 22.3 Å². The number of ketones is 1. The molecule has 5 nitrogen and oxygen atoms in total. The highest BCUT2D eigenvalue weighted by atomic mass is 79.9. The minimum absolute atomic E-state index is 0.0545. The Hall–Kier alpha value is -3.57. The average molecular weight is 687 g/mol. The molecule has 0 radical (unpaired) electrons. The number of hydrogen-bond acceptors (Lipinski definition) is 5. The fourth-order valence-electron chi connectivity index (χ4n) is 6.50. The normalized spacial score (nSPS) is 25.3. The number of Topliss-reactive ketones (excluding diaryl/α,β-unsaturated/α-hetero) is 1. The van der Waals surface area contributed by atoms with Crippen LogP contribution in [0.15, 0.2) is 118 Å². The van der Waals surface area contributed by atoms with Crippen LogP contribution in [-0.4, -0.2) is 23.5 Å². The van der Waals surface area contributed by atoms with Gasteiger partial charge in [0.2, 0.25) is 0 Å². The molecule has 4 aromatic carbocycles. The van der Waals surface area contributed by atoms with Crippen LogP contribution in [0.25, 0.3) is 0 Å². The molecule has 1 aliphatic carbocycles. The van der Waals surface area contributed by atoms with Crippen LogP contribution in [0.4, 0.5) is 0 Å². The number of hydrogen-bond donors (Lipinski definition) is 1. The second-order valence-electron chi connectivity index (χ2n) is 10.5. The first-order valence-electron chi connectivity index (χ1n) is 13.7. The van der Waals surface area contributed by atoms with Gasteiger partial charge < -0.3 is 9.84 Å². The lowest BCUT2D eigenvalue weighted by Crippen LogP contribution is -2.59. The minimum atomic E-state index is -1.85. The monoisotopic (exact) mass is 685 g/mol. The average Bonchev–Trinajstić information content (AvgIpc) is 3.01. The Balaban J connectivity index is 1.91. The molecule has 42 heavy (non-hydrogen) atoms. The summed E-state index contributed by atoms with van der Waals surface area (Å²) in [5.74, 6) is -4.18. The number of benzene rings is 4. The second-order valence-corrected chi connectivity index (χ2v) is 12.4. The van der Waals surface area contributed by atoms with E-state index >= 15 is 0 Å². The summed E-state index contributed by atoms with van der Waals surface area (Å²) in [4.78, 5) is 29.0. The van der Waals surface area contributed by atoms with Crippen LogP contribution < -0.4 is 0 Å². The van der Waals surface area contributed by atoms with Crippen molar-refractivity contribution in [3.8, 4) is 6.07 Å². The largest absolute Gasteiger partial charge is 0.465 e. The zero-order valence-corrected chi connectivity index (χ0v) is 26.1. The molecule has 1 saturated carbocycles. The molecule has 0 aliphatic heterocycles. The first-order valence-corrected chi connectivity index (χ1v) is 15.3. The van der Waals surface area contributed by atoms with Crippen LogP contribution in [0.2, 0.25) is 0 Å². The van der Waals surface area contributed by atoms with E-state index in [2.05, 4.69) is 37.9 Å². The lowest BCUT2D eigenvalue weighted by atomic mass is 9.47. The standard InChI is InChI=1S/C35H29Br2NO4/c1-2-42-33(40)34(22-38)29(24-13-9-17-27(36)19-24)21-35(41,26-15-7-4-8-16-26)31(32(39)23-11-5-3-6-12-23)30(34)25-14-10-18-28(37)20-25/h3-20,29-31,41H,2,21H2,1H3. The molecule has 212 valence electrons. The number of ether oxygens (including phenoxy) is 1. The highest BCUT2D eigenvalue weighted by Gasteiger charge is 2.67. The van der Waals surface area contributed by atoms with Gasteiger partial charge in [-0.15, -0.1) is 0 Å². The van der Waals surface area contributed by atoms with Crippen LogP contribution in [0, 0.1) is 22.7 Å². The van der Waals surface area contributed by atoms with Crippen molar-refractivity contribution >= 4 is 43.6 Å². The van der Waals surface area contributed by atoms with E-state index < -0.39 is 34.7 Å². The first-order chi connectivity index (χ1) is 20.3. The summed E-state index contributed by atoms with van der Waals surface area (Å²) in [6.07, 6.45) is -0.0619. The van der Waals surface area contributed by atoms with Gasteiger partial charge in [0.1, 0.15) is 5.60 Å². The fraction of sp³-hybridized carbons (Fsp3) is 0.229. The van der Waals surface area contributed by atoms with Crippen molar-refractivity contribution in [3.63, 3.8) is 0 Å². The highest BCUT2D eigenvalue weighted by Crippen LogP contribution is 2.64. The molecule has 5 atom stereocenters. The van der Waals surface area contributed by atoms with Gasteiger partial charge in [0.25, 0.3) is 0 Å². The molecule has 0 spiro atoms. The van der Waals surface area contributed by atoms with Crippen molar-refractivity contribution in [3.05, 3.63) is 140 Å². The number of nitriles is 1. The molecule has 0 heterocycles. The molecular formula is C35H29Br2NO4. The SMILES string of the molecule is CCOC(=O)C1(C#N)C(c2cccc(Br)c2)CC(O)(c2ccccc2)C(C(=O)c2ccccc2)C1c1cccc(Br)c1. The van der Waals surface area contributed by atoms with Crippen molar-refractivity contribution in [2.24, 2.45) is 11.3 Å². The Morgan fingerprint density at radius 3 is 2.02 bits per heavy atom. The molecule has 0 amide bonds. The van der Waals surface area contributed by atoms with Gasteiger partial charge in [0, 0.05) is 26.3 Å². The van der Waals surface area contributed by atoms with E-state index in [0.717, 1.165) is 8.95 Å². The van der Waals surface area contributed by atoms with Gasteiger partial charge in [0.05, 0.1) is 18.6 Å². The molecule has 4 aromatic rings. The van der Waals surface area contributed by atoms with E-state index in [4.69, 9.17) is 4.74 Å². The van der Waals surface area contributed by atoms with Crippen molar-refractivity contribution < 1.29 is 19.4 Å². The lowest BCUT2D eigenvalue weighted by Gasteiger charge is -2.54. The third-order valence-corrected chi connectivity index (χ3v) is 9.26. The molecule has 0 bridgehead atoms. The van der Waals surface area contributed by atoms with Gasteiger partial charge in [-0.2, -0.15) is 5.26 Å². The summed E-state index contributed by atoms with van der Waals surface area (Å²) in [7, 11) is 0. The first kappa shape index (κ1) is 29.9. The maximum Gasteiger partial charge on any atom is 0.327 e. The molecule has 7 heteroatoms. The van der Waals surface area contributed by atoms with Gasteiger partial charge in [-0.1, -0.05) is 117 Å². The van der Waals surface area contributed by atoms with E-state index in [1.165, 1.54) is 0 Å². The Morgan fingerprint density at radius 2 is 1.45 bits per heavy atom. The molecule has 0 aromatic heterocycles. The number of esters is 1. The van der Waals surface area contributed by atoms with Crippen molar-refractivity contribution in [1.29, 1.82) is 5.26 Å². The molecular weight excluding hydrogens is 658 g/mol. The van der Waals surface area contributed by atoms with Gasteiger partial charge >= 0.3 is 5.97 Å². The molecule has 1 fully saturated rings. The van der Waals surface area contributed by atoms with Crippen molar-refractivity contribution in [2.75, 3.05) is 6.61 Å². The van der Waals surface area contributed by atoms with E-state index in [1.807, 2.05) is 60.7 Å². The Morgan fingerprint density at radius 1 is 0.881 bits per heavy atom. The van der Waals surface area contributed by atoms with Crippen molar-refractivity contribution in [1.82, 2.24) is 0 Å². The Kier molecular flexibility index (Phi) is 8.79. The maximum absolute atomic E-state index is 14.7. The predicted molar refractivity (Wildman–Crippen MR) is 168 cm³/mol. The topological polar surface area (TPSA) is 87.4 Å². The number of carbonyl (C=O) groups is 2. The van der Waals surface area contributed by atoms with Gasteiger partial charge in [-0.05, 0) is 54.3 Å². The van der Waals surface area contributed by atoms with Crippen molar-refractivity contribution in [2.45, 2.75) is 30.8 Å². The quantitative estimate of drug-likeness (QED) is 0.158. The molecule has 5 unspecified atom stereocenters. The van der Waals surface area contributed by atoms with Crippen LogP contribution in [0.3, 0.4) is 0 Å². The van der Waals surface area contributed by atoms with Crippen LogP contribution in [0.5, 0.6) is 0 Å². The Labute approximate surface area is 262 Å². The van der Waals surface area contributed by atoms with Crippen LogP contribution in [-0.2, 0) is 15.1 Å².